The highest BCUT2D eigenvalue weighted by molar-refractivity contribution is 5.94. The fourth-order valence-electron chi connectivity index (χ4n) is 3.64. The summed E-state index contributed by atoms with van der Waals surface area (Å²) in [4.78, 5) is 27.6. The number of anilines is 1. The molecule has 0 aliphatic heterocycles. The Morgan fingerprint density at radius 1 is 1.29 bits per heavy atom. The molecule has 0 fully saturated rings. The van der Waals surface area contributed by atoms with Crippen LogP contribution < -0.4 is 10.6 Å². The number of nitrogens with one attached hydrogen (secondary N) is 2. The standard InChI is InChI=1S/C24H26FN5O5/c1-13(28-19-6-8-30-21(29-19)18(12-27-30)22(31)32)17-11-15(25)9-14-10-16(34-20(14)17)5-7-26-23(33)35-24(2,3)4/h6,8-13H,5,7H2,1-4H3,(H,26,33)(H,28,29)(H,31,32)/t13-/m1/s1. The maximum atomic E-state index is 14.4. The number of hydrogen-bond acceptors (Lipinski definition) is 7. The summed E-state index contributed by atoms with van der Waals surface area (Å²) in [6.07, 6.45) is 2.70. The molecule has 0 bridgehead atoms. The van der Waals surface area contributed by atoms with Crippen molar-refractivity contribution in [3.63, 3.8) is 0 Å². The third kappa shape index (κ3) is 5.51. The molecule has 0 saturated heterocycles. The number of carbonyl (C=O) groups excluding carboxylic acids is 1. The molecule has 4 rings (SSSR count). The van der Waals surface area contributed by atoms with Gasteiger partial charge in [-0.3, -0.25) is 0 Å². The van der Waals surface area contributed by atoms with Crippen LogP contribution in [0.3, 0.4) is 0 Å². The van der Waals surface area contributed by atoms with Crippen LogP contribution in [0.15, 0.2) is 41.1 Å². The van der Waals surface area contributed by atoms with Gasteiger partial charge in [-0.25, -0.2) is 23.5 Å². The lowest BCUT2D eigenvalue weighted by atomic mass is 10.1. The van der Waals surface area contributed by atoms with Crippen molar-refractivity contribution in [2.45, 2.75) is 45.8 Å². The van der Waals surface area contributed by atoms with E-state index < -0.39 is 29.5 Å². The van der Waals surface area contributed by atoms with Gasteiger partial charge >= 0.3 is 12.1 Å². The Bertz CT molecular complexity index is 1400. The first-order valence-corrected chi connectivity index (χ1v) is 11.0. The zero-order chi connectivity index (χ0) is 25.3. The summed E-state index contributed by atoms with van der Waals surface area (Å²) < 4.78 is 27.0. The van der Waals surface area contributed by atoms with Crippen LogP contribution in [0.2, 0.25) is 0 Å². The number of aromatic carboxylic acids is 1. The first-order chi connectivity index (χ1) is 16.5. The van der Waals surface area contributed by atoms with Crippen LogP contribution in [0.4, 0.5) is 15.0 Å². The fourth-order valence-corrected chi connectivity index (χ4v) is 3.64. The number of fused-ring (bicyclic) bond motifs is 2. The number of benzene rings is 1. The molecule has 1 aromatic carbocycles. The van der Waals surface area contributed by atoms with Crippen molar-refractivity contribution in [2.24, 2.45) is 0 Å². The number of carbonyl (C=O) groups is 2. The Hall–Kier alpha value is -4.15. The first kappa shape index (κ1) is 24.0. The number of carboxylic acid groups (broad SMARTS) is 1. The predicted molar refractivity (Wildman–Crippen MR) is 126 cm³/mol. The molecule has 184 valence electrons. The molecule has 1 amide bonds. The Balaban J connectivity index is 1.52. The molecule has 10 nitrogen and oxygen atoms in total. The number of amides is 1. The van der Waals surface area contributed by atoms with Gasteiger partial charge in [0.05, 0.1) is 12.2 Å². The lowest BCUT2D eigenvalue weighted by molar-refractivity contribution is 0.0527. The lowest BCUT2D eigenvalue weighted by Gasteiger charge is -2.19. The number of carboxylic acids is 1. The average Bonchev–Trinajstić information content (AvgIpc) is 3.35. The van der Waals surface area contributed by atoms with E-state index in [4.69, 9.17) is 9.15 Å². The minimum atomic E-state index is -1.13. The third-order valence-electron chi connectivity index (χ3n) is 5.13. The van der Waals surface area contributed by atoms with Gasteiger partial charge in [0.2, 0.25) is 0 Å². The van der Waals surface area contributed by atoms with E-state index in [1.807, 2.05) is 6.92 Å². The molecule has 4 aromatic rings. The van der Waals surface area contributed by atoms with Crippen molar-refractivity contribution in [3.05, 3.63) is 59.4 Å². The van der Waals surface area contributed by atoms with Crippen LogP contribution in [0.1, 0.15) is 55.4 Å². The van der Waals surface area contributed by atoms with Crippen LogP contribution in [0, 0.1) is 5.82 Å². The summed E-state index contributed by atoms with van der Waals surface area (Å²) in [5.41, 5.74) is 0.656. The van der Waals surface area contributed by atoms with Crippen LogP contribution in [0.5, 0.6) is 0 Å². The highest BCUT2D eigenvalue weighted by Gasteiger charge is 2.19. The van der Waals surface area contributed by atoms with E-state index in [2.05, 4.69) is 20.7 Å². The summed E-state index contributed by atoms with van der Waals surface area (Å²) >= 11 is 0. The number of aromatic nitrogens is 3. The van der Waals surface area contributed by atoms with E-state index in [9.17, 15) is 19.1 Å². The second kappa shape index (κ2) is 9.24. The summed E-state index contributed by atoms with van der Waals surface area (Å²) in [5, 5.41) is 19.7. The van der Waals surface area contributed by atoms with Crippen molar-refractivity contribution in [2.75, 3.05) is 11.9 Å². The molecule has 0 saturated carbocycles. The van der Waals surface area contributed by atoms with Crippen LogP contribution >= 0.6 is 0 Å². The molecule has 0 unspecified atom stereocenters. The zero-order valence-corrected chi connectivity index (χ0v) is 19.8. The van der Waals surface area contributed by atoms with Gasteiger partial charge in [0.25, 0.3) is 0 Å². The monoisotopic (exact) mass is 483 g/mol. The summed E-state index contributed by atoms with van der Waals surface area (Å²) in [6.45, 7) is 7.46. The van der Waals surface area contributed by atoms with E-state index in [0.29, 0.717) is 41.1 Å². The average molecular weight is 484 g/mol. The maximum absolute atomic E-state index is 14.4. The second-order valence-electron chi connectivity index (χ2n) is 9.12. The number of alkyl carbamates (subject to hydrolysis) is 1. The number of halogens is 1. The normalized spacial score (nSPS) is 12.6. The van der Waals surface area contributed by atoms with E-state index >= 15 is 0 Å². The van der Waals surface area contributed by atoms with E-state index in [-0.39, 0.29) is 11.2 Å². The molecule has 0 spiro atoms. The molecule has 0 radical (unpaired) electrons. The second-order valence-corrected chi connectivity index (χ2v) is 9.12. The van der Waals surface area contributed by atoms with E-state index in [0.717, 1.165) is 0 Å². The van der Waals surface area contributed by atoms with Crippen molar-refractivity contribution >= 4 is 34.5 Å². The molecule has 1 atom stereocenters. The molecule has 3 aromatic heterocycles. The van der Waals surface area contributed by atoms with Gasteiger partial charge in [0, 0.05) is 30.1 Å². The van der Waals surface area contributed by atoms with E-state index in [1.165, 1.54) is 22.8 Å². The molecule has 3 N–H and O–H groups in total. The molecular weight excluding hydrogens is 457 g/mol. The zero-order valence-electron chi connectivity index (χ0n) is 19.8. The van der Waals surface area contributed by atoms with Gasteiger partial charge in [0.15, 0.2) is 5.65 Å². The highest BCUT2D eigenvalue weighted by atomic mass is 19.1. The molecule has 3 heterocycles. The lowest BCUT2D eigenvalue weighted by Crippen LogP contribution is -2.33. The molecule has 35 heavy (non-hydrogen) atoms. The minimum absolute atomic E-state index is 0.0230. The Morgan fingerprint density at radius 2 is 2.06 bits per heavy atom. The van der Waals surface area contributed by atoms with Gasteiger partial charge in [-0.15, -0.1) is 0 Å². The van der Waals surface area contributed by atoms with Crippen molar-refractivity contribution in [1.82, 2.24) is 19.9 Å². The summed E-state index contributed by atoms with van der Waals surface area (Å²) in [6, 6.07) is 5.73. The maximum Gasteiger partial charge on any atom is 0.407 e. The van der Waals surface area contributed by atoms with Crippen LogP contribution in [-0.2, 0) is 11.2 Å². The SMILES string of the molecule is C[C@@H](Nc1ccn2ncc(C(=O)O)c2n1)c1cc(F)cc2cc(CCNC(=O)OC(C)(C)C)oc12. The van der Waals surface area contributed by atoms with Crippen LogP contribution in [-0.4, -0.2) is 43.9 Å². The molecule has 0 aliphatic rings. The molecular formula is C24H26FN5O5. The smallest absolute Gasteiger partial charge is 0.407 e. The van der Waals surface area contributed by atoms with Gasteiger partial charge in [-0.2, -0.15) is 5.10 Å². The summed E-state index contributed by atoms with van der Waals surface area (Å²) in [5.74, 6) is -0.569. The first-order valence-electron chi connectivity index (χ1n) is 11.0. The van der Waals surface area contributed by atoms with Gasteiger partial charge in [-0.1, -0.05) is 0 Å². The Morgan fingerprint density at radius 3 is 2.77 bits per heavy atom. The number of nitrogens with zero attached hydrogens (tertiary/aromatic N) is 3. The predicted octanol–water partition coefficient (Wildman–Crippen LogP) is 4.55. The summed E-state index contributed by atoms with van der Waals surface area (Å²) in [7, 11) is 0. The van der Waals surface area contributed by atoms with E-state index in [1.54, 1.807) is 39.1 Å². The van der Waals surface area contributed by atoms with Crippen molar-refractivity contribution < 1.29 is 28.2 Å². The molecule has 0 aliphatic carbocycles. The topological polar surface area (TPSA) is 131 Å². The Labute approximate surface area is 200 Å². The van der Waals surface area contributed by atoms with Gasteiger partial charge in [-0.05, 0) is 52.0 Å². The minimum Gasteiger partial charge on any atom is -0.477 e. The third-order valence-corrected chi connectivity index (χ3v) is 5.13. The number of furan rings is 1. The number of hydrogen-bond donors (Lipinski definition) is 3. The molecule has 11 heteroatoms. The fraction of sp³-hybridized carbons (Fsp3) is 0.333. The number of ether oxygens (including phenoxy) is 1. The van der Waals surface area contributed by atoms with Gasteiger partial charge < -0.3 is 24.9 Å². The highest BCUT2D eigenvalue weighted by Crippen LogP contribution is 2.30. The largest absolute Gasteiger partial charge is 0.477 e. The number of rotatable bonds is 7. The quantitative estimate of drug-likeness (QED) is 0.349. The van der Waals surface area contributed by atoms with Crippen molar-refractivity contribution in [1.29, 1.82) is 0 Å². The van der Waals surface area contributed by atoms with Gasteiger partial charge in [0.1, 0.15) is 34.1 Å². The Kier molecular flexibility index (Phi) is 6.33. The van der Waals surface area contributed by atoms with Crippen LogP contribution in [0.25, 0.3) is 16.6 Å². The van der Waals surface area contributed by atoms with Crippen molar-refractivity contribution in [3.8, 4) is 0 Å².